The summed E-state index contributed by atoms with van der Waals surface area (Å²) in [4.78, 5) is 0. The van der Waals surface area contributed by atoms with E-state index in [1.165, 1.54) is 11.4 Å². The number of para-hydroxylation sites is 2. The van der Waals surface area contributed by atoms with E-state index in [-0.39, 0.29) is 0 Å². The van der Waals surface area contributed by atoms with Crippen LogP contribution in [0.25, 0.3) is 0 Å². The van der Waals surface area contributed by atoms with Crippen molar-refractivity contribution in [3.63, 3.8) is 0 Å². The number of anilines is 2. The van der Waals surface area contributed by atoms with Crippen molar-refractivity contribution >= 4 is 11.4 Å². The van der Waals surface area contributed by atoms with E-state index >= 15 is 0 Å². The van der Waals surface area contributed by atoms with Gasteiger partial charge in [-0.3, -0.25) is 0 Å². The number of benzene rings is 1. The molecule has 1 fully saturated rings. The van der Waals surface area contributed by atoms with Gasteiger partial charge in [-0.05, 0) is 25.0 Å². The summed E-state index contributed by atoms with van der Waals surface area (Å²) >= 11 is 0. The highest BCUT2D eigenvalue weighted by molar-refractivity contribution is 5.69. The number of ether oxygens (including phenoxy) is 1. The smallest absolute Gasteiger partial charge is 0.0576 e. The van der Waals surface area contributed by atoms with Gasteiger partial charge in [-0.2, -0.15) is 0 Å². The summed E-state index contributed by atoms with van der Waals surface area (Å²) < 4.78 is 5.46. The average molecular weight is 218 g/mol. The molecule has 3 rings (SSSR count). The third-order valence-electron chi connectivity index (χ3n) is 3.79. The number of fused-ring (bicyclic) bond motifs is 1. The minimum atomic E-state index is 0.372. The number of hydrogen-bond donors (Lipinski definition) is 2. The van der Waals surface area contributed by atoms with Crippen LogP contribution in [-0.2, 0) is 4.74 Å². The Kier molecular flexibility index (Phi) is 2.48. The van der Waals surface area contributed by atoms with E-state index in [1.54, 1.807) is 0 Å². The predicted octanol–water partition coefficient (Wildman–Crippen LogP) is 2.32. The summed E-state index contributed by atoms with van der Waals surface area (Å²) in [6.07, 6.45) is 2.31. The van der Waals surface area contributed by atoms with Gasteiger partial charge in [-0.1, -0.05) is 12.1 Å². The highest BCUT2D eigenvalue weighted by Crippen LogP contribution is 2.35. The Hall–Kier alpha value is -1.22. The normalized spacial score (nSPS) is 22.8. The molecule has 0 aromatic heterocycles. The Balaban J connectivity index is 1.81. The molecule has 0 saturated carbocycles. The Bertz CT molecular complexity index is 343. The largest absolute Gasteiger partial charge is 0.383 e. The van der Waals surface area contributed by atoms with Crippen LogP contribution in [0.2, 0.25) is 0 Å². The van der Waals surface area contributed by atoms with Crippen molar-refractivity contribution in [2.75, 3.05) is 36.9 Å². The maximum Gasteiger partial charge on any atom is 0.0576 e. The molecule has 1 aromatic rings. The molecule has 16 heavy (non-hydrogen) atoms. The first-order chi connectivity index (χ1) is 7.88. The Morgan fingerprint density at radius 2 is 1.50 bits per heavy atom. The standard InChI is InChI=1S/C13H18N2O/c1-2-4-12-11(3-1)14-9-13(10-15-12)5-7-16-8-6-13/h1-4,14-15H,5-10H2. The molecule has 0 radical (unpaired) electrons. The second-order valence-electron chi connectivity index (χ2n) is 4.87. The topological polar surface area (TPSA) is 33.3 Å². The third kappa shape index (κ3) is 1.76. The minimum Gasteiger partial charge on any atom is -0.383 e. The van der Waals surface area contributed by atoms with Crippen LogP contribution in [0.4, 0.5) is 11.4 Å². The first-order valence-electron chi connectivity index (χ1n) is 6.03. The van der Waals surface area contributed by atoms with E-state index in [9.17, 15) is 0 Å². The summed E-state index contributed by atoms with van der Waals surface area (Å²) in [5, 5.41) is 7.14. The molecule has 0 amide bonds. The first kappa shape index (κ1) is 9.97. The molecule has 3 heteroatoms. The molecule has 0 bridgehead atoms. The molecule has 2 aliphatic heterocycles. The van der Waals surface area contributed by atoms with Gasteiger partial charge in [0.2, 0.25) is 0 Å². The van der Waals surface area contributed by atoms with Crippen LogP contribution >= 0.6 is 0 Å². The predicted molar refractivity (Wildman–Crippen MR) is 65.9 cm³/mol. The molecular weight excluding hydrogens is 200 g/mol. The second kappa shape index (κ2) is 3.98. The van der Waals surface area contributed by atoms with E-state index < -0.39 is 0 Å². The number of nitrogens with one attached hydrogen (secondary N) is 2. The lowest BCUT2D eigenvalue weighted by atomic mass is 9.80. The fourth-order valence-corrected chi connectivity index (χ4v) is 2.58. The SMILES string of the molecule is c1ccc2c(c1)NCC1(CCOCC1)CN2. The van der Waals surface area contributed by atoms with Gasteiger partial charge in [-0.25, -0.2) is 0 Å². The number of hydrogen-bond acceptors (Lipinski definition) is 3. The first-order valence-corrected chi connectivity index (χ1v) is 6.03. The Morgan fingerprint density at radius 3 is 2.06 bits per heavy atom. The van der Waals surface area contributed by atoms with Crippen molar-refractivity contribution in [3.05, 3.63) is 24.3 Å². The van der Waals surface area contributed by atoms with Gasteiger partial charge < -0.3 is 15.4 Å². The fourth-order valence-electron chi connectivity index (χ4n) is 2.58. The van der Waals surface area contributed by atoms with Crippen molar-refractivity contribution in [2.45, 2.75) is 12.8 Å². The van der Waals surface area contributed by atoms with Crippen molar-refractivity contribution < 1.29 is 4.74 Å². The van der Waals surface area contributed by atoms with Crippen molar-refractivity contribution in [1.29, 1.82) is 0 Å². The van der Waals surface area contributed by atoms with Gasteiger partial charge in [0, 0.05) is 31.7 Å². The van der Waals surface area contributed by atoms with Gasteiger partial charge in [-0.15, -0.1) is 0 Å². The quantitative estimate of drug-likeness (QED) is 0.701. The summed E-state index contributed by atoms with van der Waals surface area (Å²) in [5.74, 6) is 0. The van der Waals surface area contributed by atoms with Crippen molar-refractivity contribution in [2.24, 2.45) is 5.41 Å². The van der Waals surface area contributed by atoms with Gasteiger partial charge in [0.1, 0.15) is 0 Å². The van der Waals surface area contributed by atoms with Gasteiger partial charge in [0.05, 0.1) is 11.4 Å². The molecule has 1 saturated heterocycles. The van der Waals surface area contributed by atoms with Crippen LogP contribution in [0.5, 0.6) is 0 Å². The molecule has 0 aliphatic carbocycles. The van der Waals surface area contributed by atoms with E-state index in [4.69, 9.17) is 4.74 Å². The minimum absolute atomic E-state index is 0.372. The lowest BCUT2D eigenvalue weighted by Gasteiger charge is -2.36. The maximum atomic E-state index is 5.46. The highest BCUT2D eigenvalue weighted by atomic mass is 16.5. The van der Waals surface area contributed by atoms with Crippen molar-refractivity contribution in [3.8, 4) is 0 Å². The lowest BCUT2D eigenvalue weighted by molar-refractivity contribution is 0.0276. The molecule has 2 heterocycles. The van der Waals surface area contributed by atoms with Crippen LogP contribution in [-0.4, -0.2) is 26.3 Å². The van der Waals surface area contributed by atoms with Gasteiger partial charge >= 0.3 is 0 Å². The van der Waals surface area contributed by atoms with E-state index in [0.29, 0.717) is 5.41 Å². The van der Waals surface area contributed by atoms with Crippen molar-refractivity contribution in [1.82, 2.24) is 0 Å². The Morgan fingerprint density at radius 1 is 0.938 bits per heavy atom. The molecule has 0 unspecified atom stereocenters. The zero-order valence-corrected chi connectivity index (χ0v) is 9.46. The molecule has 2 N–H and O–H groups in total. The monoisotopic (exact) mass is 218 g/mol. The van der Waals surface area contributed by atoms with Crippen LogP contribution in [0.1, 0.15) is 12.8 Å². The molecule has 1 spiro atoms. The summed E-state index contributed by atoms with van der Waals surface area (Å²) in [6.45, 7) is 3.92. The second-order valence-corrected chi connectivity index (χ2v) is 4.87. The molecule has 3 nitrogen and oxygen atoms in total. The van der Waals surface area contributed by atoms with E-state index in [0.717, 1.165) is 39.1 Å². The maximum absolute atomic E-state index is 5.46. The highest BCUT2D eigenvalue weighted by Gasteiger charge is 2.34. The third-order valence-corrected chi connectivity index (χ3v) is 3.79. The molecule has 86 valence electrons. The lowest BCUT2D eigenvalue weighted by Crippen LogP contribution is -2.40. The fraction of sp³-hybridized carbons (Fsp3) is 0.538. The van der Waals surface area contributed by atoms with Crippen LogP contribution < -0.4 is 10.6 Å². The Labute approximate surface area is 96.2 Å². The van der Waals surface area contributed by atoms with Gasteiger partial charge in [0.15, 0.2) is 0 Å². The van der Waals surface area contributed by atoms with E-state index in [2.05, 4.69) is 34.9 Å². The summed E-state index contributed by atoms with van der Waals surface area (Å²) in [6, 6.07) is 8.44. The average Bonchev–Trinajstić information content (AvgIpc) is 2.52. The molecular formula is C13H18N2O. The summed E-state index contributed by atoms with van der Waals surface area (Å²) in [5.41, 5.74) is 2.83. The zero-order chi connectivity index (χ0) is 10.8. The molecule has 0 atom stereocenters. The van der Waals surface area contributed by atoms with Crippen LogP contribution in [0.3, 0.4) is 0 Å². The van der Waals surface area contributed by atoms with Crippen LogP contribution in [0.15, 0.2) is 24.3 Å². The summed E-state index contributed by atoms with van der Waals surface area (Å²) in [7, 11) is 0. The van der Waals surface area contributed by atoms with Gasteiger partial charge in [0.25, 0.3) is 0 Å². The van der Waals surface area contributed by atoms with E-state index in [1.807, 2.05) is 0 Å². The molecule has 1 aromatic carbocycles. The molecule has 2 aliphatic rings. The zero-order valence-electron chi connectivity index (χ0n) is 9.46. The van der Waals surface area contributed by atoms with Crippen LogP contribution in [0, 0.1) is 5.41 Å². The number of rotatable bonds is 0.